The van der Waals surface area contributed by atoms with Gasteiger partial charge in [0, 0.05) is 18.7 Å². The van der Waals surface area contributed by atoms with Gasteiger partial charge in [-0.25, -0.2) is 0 Å². The van der Waals surface area contributed by atoms with Crippen LogP contribution >= 0.6 is 11.3 Å². The molecule has 0 unspecified atom stereocenters. The van der Waals surface area contributed by atoms with Gasteiger partial charge in [0.05, 0.1) is 5.92 Å². The predicted molar refractivity (Wildman–Crippen MR) is 89.6 cm³/mol. The molecule has 0 spiro atoms. The molecule has 3 rings (SSSR count). The Morgan fingerprint density at radius 1 is 1.35 bits per heavy atom. The summed E-state index contributed by atoms with van der Waals surface area (Å²) in [4.78, 5) is 26.2. The van der Waals surface area contributed by atoms with Crippen LogP contribution in [-0.2, 0) is 16.0 Å². The fourth-order valence-corrected chi connectivity index (χ4v) is 3.19. The molecule has 2 aromatic rings. The van der Waals surface area contributed by atoms with Gasteiger partial charge >= 0.3 is 0 Å². The average Bonchev–Trinajstić information content (AvgIpc) is 3.13. The fourth-order valence-electron chi connectivity index (χ4n) is 2.60. The third-order valence-corrected chi connectivity index (χ3v) is 4.66. The molecule has 0 radical (unpaired) electrons. The van der Waals surface area contributed by atoms with Crippen LogP contribution < -0.4 is 10.2 Å². The van der Waals surface area contributed by atoms with Gasteiger partial charge in [0.2, 0.25) is 16.9 Å². The maximum absolute atomic E-state index is 12.3. The van der Waals surface area contributed by atoms with Crippen LogP contribution in [0.4, 0.5) is 10.8 Å². The summed E-state index contributed by atoms with van der Waals surface area (Å²) < 4.78 is 0. The zero-order chi connectivity index (χ0) is 16.4. The molecule has 0 saturated carbocycles. The topological polar surface area (TPSA) is 75.2 Å². The van der Waals surface area contributed by atoms with Crippen molar-refractivity contribution in [3.8, 4) is 0 Å². The van der Waals surface area contributed by atoms with Crippen LogP contribution in [0.2, 0.25) is 0 Å². The Labute approximate surface area is 138 Å². The highest BCUT2D eigenvalue weighted by molar-refractivity contribution is 7.15. The van der Waals surface area contributed by atoms with Crippen molar-refractivity contribution in [1.29, 1.82) is 0 Å². The number of amides is 2. The van der Waals surface area contributed by atoms with E-state index in [0.717, 1.165) is 17.1 Å². The number of anilines is 2. The predicted octanol–water partition coefficient (Wildman–Crippen LogP) is 2.40. The lowest BCUT2D eigenvalue weighted by Gasteiger charge is -2.16. The van der Waals surface area contributed by atoms with Gasteiger partial charge in [-0.05, 0) is 31.0 Å². The number of nitrogens with one attached hydrogen (secondary N) is 1. The molecule has 1 aromatic carbocycles. The van der Waals surface area contributed by atoms with Gasteiger partial charge in [-0.1, -0.05) is 30.4 Å². The molecule has 6 nitrogen and oxygen atoms in total. The van der Waals surface area contributed by atoms with Crippen molar-refractivity contribution in [2.45, 2.75) is 26.7 Å². The molecule has 1 aliphatic heterocycles. The first kappa shape index (κ1) is 15.6. The Morgan fingerprint density at radius 3 is 2.70 bits per heavy atom. The molecule has 1 atom stereocenters. The summed E-state index contributed by atoms with van der Waals surface area (Å²) in [6.45, 7) is 4.31. The van der Waals surface area contributed by atoms with Crippen LogP contribution in [0.1, 0.15) is 23.9 Å². The summed E-state index contributed by atoms with van der Waals surface area (Å²) in [6.07, 6.45) is 1.18. The minimum absolute atomic E-state index is 0.0251. The van der Waals surface area contributed by atoms with Gasteiger partial charge in [-0.15, -0.1) is 10.2 Å². The van der Waals surface area contributed by atoms with Crippen LogP contribution in [0.15, 0.2) is 24.3 Å². The second kappa shape index (κ2) is 6.45. The van der Waals surface area contributed by atoms with Crippen LogP contribution in [0, 0.1) is 12.8 Å². The van der Waals surface area contributed by atoms with E-state index in [1.165, 1.54) is 16.9 Å². The van der Waals surface area contributed by atoms with E-state index in [4.69, 9.17) is 0 Å². The van der Waals surface area contributed by atoms with E-state index in [2.05, 4.69) is 22.4 Å². The van der Waals surface area contributed by atoms with Crippen molar-refractivity contribution in [1.82, 2.24) is 10.2 Å². The first-order valence-corrected chi connectivity index (χ1v) is 8.38. The monoisotopic (exact) mass is 330 g/mol. The third-order valence-electron chi connectivity index (χ3n) is 3.91. The lowest BCUT2D eigenvalue weighted by Crippen LogP contribution is -2.28. The number of carbonyl (C=O) groups is 2. The first-order chi connectivity index (χ1) is 11.1. The van der Waals surface area contributed by atoms with E-state index < -0.39 is 0 Å². The van der Waals surface area contributed by atoms with E-state index in [1.807, 2.05) is 31.2 Å². The Balaban J connectivity index is 1.67. The standard InChI is InChI=1S/C16H18N4O2S/c1-3-11-4-6-13(7-5-11)20-9-12(8-14(20)21)15(22)17-16-19-18-10(2)23-16/h4-7,12H,3,8-9H2,1-2H3,(H,17,19,22)/t12-/m0/s1. The zero-order valence-corrected chi connectivity index (χ0v) is 13.9. The minimum atomic E-state index is -0.363. The highest BCUT2D eigenvalue weighted by Gasteiger charge is 2.35. The van der Waals surface area contributed by atoms with E-state index >= 15 is 0 Å². The van der Waals surface area contributed by atoms with Crippen molar-refractivity contribution >= 4 is 34.0 Å². The average molecular weight is 330 g/mol. The number of rotatable bonds is 4. The first-order valence-electron chi connectivity index (χ1n) is 7.57. The Hall–Kier alpha value is -2.28. The number of carbonyl (C=O) groups excluding carboxylic acids is 2. The second-order valence-electron chi connectivity index (χ2n) is 5.54. The van der Waals surface area contributed by atoms with E-state index in [9.17, 15) is 9.59 Å². The third kappa shape index (κ3) is 3.39. The summed E-state index contributed by atoms with van der Waals surface area (Å²) in [5, 5.41) is 11.8. The molecule has 1 aliphatic rings. The van der Waals surface area contributed by atoms with E-state index in [0.29, 0.717) is 11.7 Å². The Bertz CT molecular complexity index is 726. The molecule has 2 heterocycles. The highest BCUT2D eigenvalue weighted by Crippen LogP contribution is 2.26. The second-order valence-corrected chi connectivity index (χ2v) is 6.72. The Morgan fingerprint density at radius 2 is 2.09 bits per heavy atom. The normalized spacial score (nSPS) is 17.6. The van der Waals surface area contributed by atoms with Crippen molar-refractivity contribution in [2.24, 2.45) is 5.92 Å². The van der Waals surface area contributed by atoms with Gasteiger partial charge < -0.3 is 10.2 Å². The molecule has 2 amide bonds. The van der Waals surface area contributed by atoms with Gasteiger partial charge in [-0.3, -0.25) is 9.59 Å². The summed E-state index contributed by atoms with van der Waals surface area (Å²) in [6, 6.07) is 7.90. The molecule has 1 saturated heterocycles. The molecule has 7 heteroatoms. The van der Waals surface area contributed by atoms with Gasteiger partial charge in [-0.2, -0.15) is 0 Å². The summed E-state index contributed by atoms with van der Waals surface area (Å²) >= 11 is 1.32. The highest BCUT2D eigenvalue weighted by atomic mass is 32.1. The minimum Gasteiger partial charge on any atom is -0.312 e. The number of benzene rings is 1. The van der Waals surface area contributed by atoms with Crippen LogP contribution in [0.5, 0.6) is 0 Å². The summed E-state index contributed by atoms with van der Waals surface area (Å²) in [5.74, 6) is -0.567. The van der Waals surface area contributed by atoms with Gasteiger partial charge in [0.15, 0.2) is 0 Å². The molecular formula is C16H18N4O2S. The van der Waals surface area contributed by atoms with Crippen molar-refractivity contribution < 1.29 is 9.59 Å². The maximum Gasteiger partial charge on any atom is 0.231 e. The zero-order valence-electron chi connectivity index (χ0n) is 13.1. The molecule has 120 valence electrons. The molecule has 1 fully saturated rings. The number of nitrogens with zero attached hydrogens (tertiary/aromatic N) is 3. The van der Waals surface area contributed by atoms with E-state index in [1.54, 1.807) is 4.90 Å². The van der Waals surface area contributed by atoms with Crippen LogP contribution in [0.25, 0.3) is 0 Å². The number of hydrogen-bond acceptors (Lipinski definition) is 5. The SMILES string of the molecule is CCc1ccc(N2C[C@@H](C(=O)Nc3nnc(C)s3)CC2=O)cc1. The maximum atomic E-state index is 12.3. The van der Waals surface area contributed by atoms with Gasteiger partial charge in [0.1, 0.15) is 5.01 Å². The number of hydrogen-bond donors (Lipinski definition) is 1. The lowest BCUT2D eigenvalue weighted by molar-refractivity contribution is -0.122. The quantitative estimate of drug-likeness (QED) is 0.934. The van der Waals surface area contributed by atoms with Crippen molar-refractivity contribution in [3.05, 3.63) is 34.8 Å². The molecular weight excluding hydrogens is 312 g/mol. The molecule has 1 aromatic heterocycles. The smallest absolute Gasteiger partial charge is 0.231 e. The summed E-state index contributed by atoms with van der Waals surface area (Å²) in [5.41, 5.74) is 2.07. The van der Waals surface area contributed by atoms with Crippen molar-refractivity contribution in [2.75, 3.05) is 16.8 Å². The van der Waals surface area contributed by atoms with Gasteiger partial charge in [0.25, 0.3) is 0 Å². The molecule has 0 aliphatic carbocycles. The largest absolute Gasteiger partial charge is 0.312 e. The lowest BCUT2D eigenvalue weighted by atomic mass is 10.1. The molecule has 23 heavy (non-hydrogen) atoms. The fraction of sp³-hybridized carbons (Fsp3) is 0.375. The molecule has 1 N–H and O–H groups in total. The van der Waals surface area contributed by atoms with Crippen LogP contribution in [0.3, 0.4) is 0 Å². The number of aryl methyl sites for hydroxylation is 2. The van der Waals surface area contributed by atoms with Crippen molar-refractivity contribution in [3.63, 3.8) is 0 Å². The number of aromatic nitrogens is 2. The molecule has 0 bridgehead atoms. The van der Waals surface area contributed by atoms with Crippen LogP contribution in [-0.4, -0.2) is 28.6 Å². The summed E-state index contributed by atoms with van der Waals surface area (Å²) in [7, 11) is 0. The van der Waals surface area contributed by atoms with E-state index in [-0.39, 0.29) is 24.2 Å². The Kier molecular flexibility index (Phi) is 4.38.